The average molecular weight is 184 g/mol. The first-order chi connectivity index (χ1) is 5.86. The number of pyridine rings is 1. The highest BCUT2D eigenvalue weighted by Gasteiger charge is 1.90. The summed E-state index contributed by atoms with van der Waals surface area (Å²) in [5.74, 6) is 0.489. The molecule has 0 saturated heterocycles. The van der Waals surface area contributed by atoms with Crippen LogP contribution in [0.3, 0.4) is 0 Å². The first-order valence-corrected chi connectivity index (χ1v) is 4.17. The molecule has 64 valence electrons. The van der Waals surface area contributed by atoms with Crippen molar-refractivity contribution in [2.45, 2.75) is 6.61 Å². The summed E-state index contributed by atoms with van der Waals surface area (Å²) in [5, 5.41) is 8.80. The largest absolute Gasteiger partial charge is 0.392 e. The molecule has 12 heavy (non-hydrogen) atoms. The number of halogens is 1. The first-order valence-electron chi connectivity index (χ1n) is 3.64. The van der Waals surface area contributed by atoms with Crippen LogP contribution in [0.4, 0.5) is 0 Å². The molecule has 0 bridgehead atoms. The molecule has 1 rings (SSSR count). The van der Waals surface area contributed by atoms with Crippen LogP contribution in [0.25, 0.3) is 6.08 Å². The van der Waals surface area contributed by atoms with E-state index in [0.717, 1.165) is 11.1 Å². The quantitative estimate of drug-likeness (QED) is 0.726. The van der Waals surface area contributed by atoms with Crippen molar-refractivity contribution < 1.29 is 5.11 Å². The fraction of sp³-hybridized carbons (Fsp3) is 0.222. The van der Waals surface area contributed by atoms with Crippen molar-refractivity contribution in [1.29, 1.82) is 0 Å². The Balaban J connectivity index is 2.79. The van der Waals surface area contributed by atoms with Crippen LogP contribution in [0.15, 0.2) is 24.5 Å². The molecule has 0 saturated carbocycles. The van der Waals surface area contributed by atoms with Crippen LogP contribution in [-0.2, 0) is 6.61 Å². The van der Waals surface area contributed by atoms with Gasteiger partial charge in [-0.3, -0.25) is 4.98 Å². The Hall–Kier alpha value is -0.860. The molecule has 1 aromatic rings. The van der Waals surface area contributed by atoms with Gasteiger partial charge in [-0.1, -0.05) is 12.2 Å². The third-order valence-corrected chi connectivity index (χ3v) is 1.58. The lowest BCUT2D eigenvalue weighted by molar-refractivity contribution is 0.281. The van der Waals surface area contributed by atoms with Gasteiger partial charge in [0.1, 0.15) is 0 Å². The second kappa shape index (κ2) is 4.91. The summed E-state index contributed by atoms with van der Waals surface area (Å²) in [4.78, 5) is 3.95. The molecule has 0 atom stereocenters. The molecule has 3 heteroatoms. The summed E-state index contributed by atoms with van der Waals surface area (Å²) in [7, 11) is 0. The predicted molar refractivity (Wildman–Crippen MR) is 49.9 cm³/mol. The molecular formula is C9H10ClNO. The van der Waals surface area contributed by atoms with Crippen molar-refractivity contribution in [3.8, 4) is 0 Å². The number of allylic oxidation sites excluding steroid dienone is 1. The van der Waals surface area contributed by atoms with E-state index in [2.05, 4.69) is 4.98 Å². The molecule has 0 unspecified atom stereocenters. The molecule has 0 aliphatic heterocycles. The van der Waals surface area contributed by atoms with E-state index >= 15 is 0 Å². The van der Waals surface area contributed by atoms with Gasteiger partial charge in [-0.25, -0.2) is 0 Å². The second-order valence-corrected chi connectivity index (χ2v) is 2.65. The first kappa shape index (κ1) is 9.23. The van der Waals surface area contributed by atoms with Gasteiger partial charge in [0.15, 0.2) is 0 Å². The third kappa shape index (κ3) is 2.64. The van der Waals surface area contributed by atoms with Crippen LogP contribution in [-0.4, -0.2) is 16.0 Å². The summed E-state index contributed by atoms with van der Waals surface area (Å²) in [6, 6.07) is 1.87. The van der Waals surface area contributed by atoms with Gasteiger partial charge >= 0.3 is 0 Å². The van der Waals surface area contributed by atoms with Gasteiger partial charge in [0, 0.05) is 18.3 Å². The van der Waals surface area contributed by atoms with E-state index in [4.69, 9.17) is 16.7 Å². The molecular weight excluding hydrogens is 174 g/mol. The average Bonchev–Trinajstić information content (AvgIpc) is 2.15. The van der Waals surface area contributed by atoms with Crippen molar-refractivity contribution >= 4 is 17.7 Å². The highest BCUT2D eigenvalue weighted by molar-refractivity contribution is 6.19. The summed E-state index contributed by atoms with van der Waals surface area (Å²) in [5.41, 5.74) is 1.77. The minimum atomic E-state index is 0.0234. The fourth-order valence-corrected chi connectivity index (χ4v) is 0.955. The zero-order valence-electron chi connectivity index (χ0n) is 6.57. The minimum Gasteiger partial charge on any atom is -0.392 e. The van der Waals surface area contributed by atoms with Crippen LogP contribution >= 0.6 is 11.6 Å². The number of hydrogen-bond donors (Lipinski definition) is 1. The number of aliphatic hydroxyl groups excluding tert-OH is 1. The number of nitrogens with zero attached hydrogens (tertiary/aromatic N) is 1. The number of hydrogen-bond acceptors (Lipinski definition) is 2. The van der Waals surface area contributed by atoms with E-state index in [9.17, 15) is 0 Å². The lowest BCUT2D eigenvalue weighted by Gasteiger charge is -1.96. The van der Waals surface area contributed by atoms with E-state index in [1.165, 1.54) is 0 Å². The highest BCUT2D eigenvalue weighted by Crippen LogP contribution is 2.04. The summed E-state index contributed by atoms with van der Waals surface area (Å²) < 4.78 is 0. The molecule has 1 aromatic heterocycles. The minimum absolute atomic E-state index is 0.0234. The van der Waals surface area contributed by atoms with Gasteiger partial charge < -0.3 is 5.11 Å². The Morgan fingerprint density at radius 2 is 2.33 bits per heavy atom. The maximum absolute atomic E-state index is 8.80. The number of rotatable bonds is 3. The molecule has 0 spiro atoms. The third-order valence-electron chi connectivity index (χ3n) is 1.40. The Bertz CT molecular complexity index is 273. The second-order valence-electron chi connectivity index (χ2n) is 2.34. The Kier molecular flexibility index (Phi) is 3.77. The standard InChI is InChI=1S/C9H10ClNO/c10-3-1-2-8-4-9(7-12)6-11-5-8/h1-2,4-6,12H,3,7H2. The highest BCUT2D eigenvalue weighted by atomic mass is 35.5. The topological polar surface area (TPSA) is 33.1 Å². The van der Waals surface area contributed by atoms with Crippen molar-refractivity contribution in [1.82, 2.24) is 4.98 Å². The Morgan fingerprint density at radius 1 is 1.50 bits per heavy atom. The zero-order chi connectivity index (χ0) is 8.81. The fourth-order valence-electron chi connectivity index (χ4n) is 0.866. The summed E-state index contributed by atoms with van der Waals surface area (Å²) in [6.45, 7) is 0.0234. The molecule has 0 amide bonds. The van der Waals surface area contributed by atoms with Crippen molar-refractivity contribution in [3.05, 3.63) is 35.7 Å². The van der Waals surface area contributed by atoms with Gasteiger partial charge in [0.2, 0.25) is 0 Å². The normalized spacial score (nSPS) is 10.8. The molecule has 0 aliphatic carbocycles. The van der Waals surface area contributed by atoms with E-state index in [1.54, 1.807) is 12.4 Å². The van der Waals surface area contributed by atoms with E-state index in [1.807, 2.05) is 18.2 Å². The van der Waals surface area contributed by atoms with Gasteiger partial charge in [-0.2, -0.15) is 0 Å². The monoisotopic (exact) mass is 183 g/mol. The Labute approximate surface area is 76.5 Å². The van der Waals surface area contributed by atoms with Crippen LogP contribution in [0.1, 0.15) is 11.1 Å². The van der Waals surface area contributed by atoms with Crippen LogP contribution in [0.5, 0.6) is 0 Å². The molecule has 0 radical (unpaired) electrons. The lowest BCUT2D eigenvalue weighted by atomic mass is 10.2. The van der Waals surface area contributed by atoms with Crippen molar-refractivity contribution in [3.63, 3.8) is 0 Å². The lowest BCUT2D eigenvalue weighted by Crippen LogP contribution is -1.85. The SMILES string of the molecule is OCc1cncc(C=CCCl)c1. The van der Waals surface area contributed by atoms with Crippen LogP contribution in [0, 0.1) is 0 Å². The van der Waals surface area contributed by atoms with Crippen LogP contribution < -0.4 is 0 Å². The Morgan fingerprint density at radius 3 is 3.00 bits per heavy atom. The number of aromatic nitrogens is 1. The summed E-state index contributed by atoms with van der Waals surface area (Å²) in [6.07, 6.45) is 7.07. The van der Waals surface area contributed by atoms with Gasteiger partial charge in [-0.05, 0) is 17.2 Å². The van der Waals surface area contributed by atoms with E-state index in [-0.39, 0.29) is 6.61 Å². The predicted octanol–water partition coefficient (Wildman–Crippen LogP) is 1.83. The van der Waals surface area contributed by atoms with Crippen molar-refractivity contribution in [2.24, 2.45) is 0 Å². The van der Waals surface area contributed by atoms with Crippen molar-refractivity contribution in [2.75, 3.05) is 5.88 Å². The molecule has 0 fully saturated rings. The molecule has 0 aromatic carbocycles. The van der Waals surface area contributed by atoms with Crippen LogP contribution in [0.2, 0.25) is 0 Å². The van der Waals surface area contributed by atoms with E-state index < -0.39 is 0 Å². The smallest absolute Gasteiger partial charge is 0.0697 e. The van der Waals surface area contributed by atoms with E-state index in [0.29, 0.717) is 5.88 Å². The maximum Gasteiger partial charge on any atom is 0.0697 e. The maximum atomic E-state index is 8.80. The van der Waals surface area contributed by atoms with Gasteiger partial charge in [0.25, 0.3) is 0 Å². The zero-order valence-corrected chi connectivity index (χ0v) is 7.33. The number of alkyl halides is 1. The molecule has 2 nitrogen and oxygen atoms in total. The molecule has 0 aliphatic rings. The number of aliphatic hydroxyl groups is 1. The van der Waals surface area contributed by atoms with Gasteiger partial charge in [0.05, 0.1) is 6.61 Å². The molecule has 1 heterocycles. The van der Waals surface area contributed by atoms with Gasteiger partial charge in [-0.15, -0.1) is 11.6 Å². The summed E-state index contributed by atoms with van der Waals surface area (Å²) >= 11 is 5.47. The molecule has 1 N–H and O–H groups in total.